The molecule has 0 bridgehead atoms. The van der Waals surface area contributed by atoms with E-state index in [0.717, 1.165) is 16.9 Å². The van der Waals surface area contributed by atoms with Crippen molar-refractivity contribution in [2.45, 2.75) is 37.6 Å². The molecule has 0 radical (unpaired) electrons. The highest BCUT2D eigenvalue weighted by molar-refractivity contribution is 5.81. The summed E-state index contributed by atoms with van der Waals surface area (Å²) >= 11 is 0. The van der Waals surface area contributed by atoms with E-state index in [1.807, 2.05) is 54.6 Å². The first kappa shape index (κ1) is 19.0. The molecule has 1 saturated heterocycles. The van der Waals surface area contributed by atoms with Gasteiger partial charge in [0.15, 0.2) is 0 Å². The van der Waals surface area contributed by atoms with Gasteiger partial charge in [-0.3, -0.25) is 9.59 Å². The number of rotatable bonds is 7. The molecule has 3 atom stereocenters. The Morgan fingerprint density at radius 2 is 1.85 bits per heavy atom. The first-order valence-corrected chi connectivity index (χ1v) is 9.26. The third-order valence-electron chi connectivity index (χ3n) is 5.06. The number of hydrogen-bond acceptors (Lipinski definition) is 4. The Kier molecular flexibility index (Phi) is 6.12. The lowest BCUT2D eigenvalue weighted by molar-refractivity contribution is -0.143. The Hall–Kier alpha value is -2.82. The topological polar surface area (TPSA) is 64.6 Å². The predicted octanol–water partition coefficient (Wildman–Crippen LogP) is 3.40. The lowest BCUT2D eigenvalue weighted by Crippen LogP contribution is -2.36. The molecule has 0 spiro atoms. The fourth-order valence-corrected chi connectivity index (χ4v) is 3.78. The van der Waals surface area contributed by atoms with Crippen LogP contribution in [0.5, 0.6) is 5.75 Å². The zero-order chi connectivity index (χ0) is 19.2. The van der Waals surface area contributed by atoms with Gasteiger partial charge in [-0.2, -0.15) is 0 Å². The highest BCUT2D eigenvalue weighted by atomic mass is 16.5. The average molecular weight is 367 g/mol. The van der Waals surface area contributed by atoms with E-state index in [0.29, 0.717) is 13.0 Å². The van der Waals surface area contributed by atoms with Gasteiger partial charge in [0, 0.05) is 24.3 Å². The van der Waals surface area contributed by atoms with Crippen molar-refractivity contribution in [2.75, 3.05) is 13.7 Å². The quantitative estimate of drug-likeness (QED) is 0.762. The number of carbonyl (C=O) groups excluding carboxylic acids is 2. The minimum absolute atomic E-state index is 0.0104. The predicted molar refractivity (Wildman–Crippen MR) is 103 cm³/mol. The molecular weight excluding hydrogens is 342 g/mol. The van der Waals surface area contributed by atoms with Crippen LogP contribution in [-0.2, 0) is 14.3 Å². The smallest absolute Gasteiger partial charge is 0.306 e. The number of benzene rings is 2. The van der Waals surface area contributed by atoms with Gasteiger partial charge in [0.1, 0.15) is 5.75 Å². The Bertz CT molecular complexity index is 773. The number of esters is 1. The van der Waals surface area contributed by atoms with Gasteiger partial charge in [-0.1, -0.05) is 42.5 Å². The second-order valence-electron chi connectivity index (χ2n) is 6.70. The summed E-state index contributed by atoms with van der Waals surface area (Å²) in [5.74, 6) is 0.345. The molecule has 0 aliphatic carbocycles. The highest BCUT2D eigenvalue weighted by Crippen LogP contribution is 2.38. The number of hydrogen-bond donors (Lipinski definition) is 1. The van der Waals surface area contributed by atoms with E-state index in [9.17, 15) is 9.59 Å². The van der Waals surface area contributed by atoms with Crippen LogP contribution in [-0.4, -0.2) is 31.6 Å². The van der Waals surface area contributed by atoms with Crippen molar-refractivity contribution < 1.29 is 19.1 Å². The van der Waals surface area contributed by atoms with Crippen LogP contribution in [0.25, 0.3) is 0 Å². The third-order valence-corrected chi connectivity index (χ3v) is 5.06. The molecule has 1 heterocycles. The molecule has 5 nitrogen and oxygen atoms in total. The van der Waals surface area contributed by atoms with Gasteiger partial charge in [0.25, 0.3) is 0 Å². The van der Waals surface area contributed by atoms with Gasteiger partial charge in [-0.05, 0) is 30.2 Å². The van der Waals surface area contributed by atoms with Crippen molar-refractivity contribution in [1.29, 1.82) is 0 Å². The van der Waals surface area contributed by atoms with Gasteiger partial charge < -0.3 is 14.8 Å². The number of ether oxygens (including phenoxy) is 2. The van der Waals surface area contributed by atoms with Crippen LogP contribution in [0.2, 0.25) is 0 Å². The van der Waals surface area contributed by atoms with E-state index in [1.54, 1.807) is 14.0 Å². The van der Waals surface area contributed by atoms with E-state index in [1.165, 1.54) is 0 Å². The van der Waals surface area contributed by atoms with E-state index >= 15 is 0 Å². The SMILES string of the molecule is CCOC(=O)CC(c1ccc(OC)cc1)[C@@H]1NC(=O)C[C@@H]1c1ccccc1. The van der Waals surface area contributed by atoms with Gasteiger partial charge in [0.2, 0.25) is 5.91 Å². The lowest BCUT2D eigenvalue weighted by Gasteiger charge is -2.28. The van der Waals surface area contributed by atoms with E-state index < -0.39 is 0 Å². The normalized spacial score (nSPS) is 20.0. The van der Waals surface area contributed by atoms with Crippen LogP contribution < -0.4 is 10.1 Å². The van der Waals surface area contributed by atoms with E-state index in [2.05, 4.69) is 5.32 Å². The van der Waals surface area contributed by atoms with Crippen LogP contribution in [0, 0.1) is 0 Å². The Balaban J connectivity index is 1.94. The van der Waals surface area contributed by atoms with Crippen molar-refractivity contribution in [3.05, 3.63) is 65.7 Å². The van der Waals surface area contributed by atoms with Crippen molar-refractivity contribution in [3.8, 4) is 5.75 Å². The maximum atomic E-state index is 12.3. The average Bonchev–Trinajstić information content (AvgIpc) is 3.08. The molecule has 1 amide bonds. The zero-order valence-electron chi connectivity index (χ0n) is 15.7. The second-order valence-corrected chi connectivity index (χ2v) is 6.70. The molecule has 1 aliphatic rings. The Morgan fingerprint density at radius 1 is 1.15 bits per heavy atom. The molecule has 142 valence electrons. The Labute approximate surface area is 159 Å². The summed E-state index contributed by atoms with van der Waals surface area (Å²) in [5.41, 5.74) is 2.08. The standard InChI is InChI=1S/C22H25NO4/c1-3-27-21(25)14-19(16-9-11-17(26-2)12-10-16)22-18(13-20(24)23-22)15-7-5-4-6-8-15/h4-12,18-19,22H,3,13-14H2,1-2H3,(H,23,24)/t18-,19?,22-/m1/s1. The number of carbonyl (C=O) groups is 2. The second kappa shape index (κ2) is 8.71. The number of methoxy groups -OCH3 is 1. The van der Waals surface area contributed by atoms with Crippen LogP contribution in [0.15, 0.2) is 54.6 Å². The molecule has 1 fully saturated rings. The first-order chi connectivity index (χ1) is 13.1. The lowest BCUT2D eigenvalue weighted by atomic mass is 9.79. The minimum atomic E-state index is -0.258. The van der Waals surface area contributed by atoms with E-state index in [4.69, 9.17) is 9.47 Å². The van der Waals surface area contributed by atoms with Crippen molar-refractivity contribution in [1.82, 2.24) is 5.32 Å². The van der Waals surface area contributed by atoms with Gasteiger partial charge in [-0.15, -0.1) is 0 Å². The van der Waals surface area contributed by atoms with Gasteiger partial charge >= 0.3 is 5.97 Å². The minimum Gasteiger partial charge on any atom is -0.497 e. The summed E-state index contributed by atoms with van der Waals surface area (Å²) in [4.78, 5) is 24.5. The largest absolute Gasteiger partial charge is 0.497 e. The first-order valence-electron chi connectivity index (χ1n) is 9.26. The van der Waals surface area contributed by atoms with Crippen molar-refractivity contribution in [3.63, 3.8) is 0 Å². The van der Waals surface area contributed by atoms with Crippen LogP contribution in [0.4, 0.5) is 0 Å². The molecule has 2 aromatic rings. The monoisotopic (exact) mass is 367 g/mol. The molecule has 1 aliphatic heterocycles. The maximum absolute atomic E-state index is 12.3. The zero-order valence-corrected chi connectivity index (χ0v) is 15.7. The highest BCUT2D eigenvalue weighted by Gasteiger charge is 2.40. The van der Waals surface area contributed by atoms with Gasteiger partial charge in [-0.25, -0.2) is 0 Å². The summed E-state index contributed by atoms with van der Waals surface area (Å²) in [5, 5.41) is 3.10. The summed E-state index contributed by atoms with van der Waals surface area (Å²) in [6.07, 6.45) is 0.638. The number of nitrogens with one attached hydrogen (secondary N) is 1. The third kappa shape index (κ3) is 4.48. The summed E-state index contributed by atoms with van der Waals surface area (Å²) in [7, 11) is 1.62. The molecule has 0 saturated carbocycles. The van der Waals surface area contributed by atoms with Gasteiger partial charge in [0.05, 0.1) is 20.1 Å². The molecule has 1 unspecified atom stereocenters. The van der Waals surface area contributed by atoms with Crippen LogP contribution in [0.3, 0.4) is 0 Å². The molecule has 2 aromatic carbocycles. The maximum Gasteiger partial charge on any atom is 0.306 e. The van der Waals surface area contributed by atoms with Crippen LogP contribution in [0.1, 0.15) is 42.7 Å². The van der Waals surface area contributed by atoms with Crippen molar-refractivity contribution in [2.24, 2.45) is 0 Å². The molecular formula is C22H25NO4. The summed E-state index contributed by atoms with van der Waals surface area (Å²) < 4.78 is 10.4. The fraction of sp³-hybridized carbons (Fsp3) is 0.364. The van der Waals surface area contributed by atoms with Crippen LogP contribution >= 0.6 is 0 Å². The molecule has 27 heavy (non-hydrogen) atoms. The molecule has 3 rings (SSSR count). The summed E-state index contributed by atoms with van der Waals surface area (Å²) in [6.45, 7) is 2.14. The molecule has 0 aromatic heterocycles. The molecule has 5 heteroatoms. The Morgan fingerprint density at radius 3 is 2.48 bits per heavy atom. The molecule has 1 N–H and O–H groups in total. The number of amides is 1. The fourth-order valence-electron chi connectivity index (χ4n) is 3.78. The van der Waals surface area contributed by atoms with Crippen molar-refractivity contribution >= 4 is 11.9 Å². The van der Waals surface area contributed by atoms with E-state index in [-0.39, 0.29) is 36.2 Å². The summed E-state index contributed by atoms with van der Waals surface area (Å²) in [6, 6.07) is 17.5.